The molecule has 0 aromatic heterocycles. The molecule has 0 bridgehead atoms. The molecule has 1 atom stereocenters. The first-order chi connectivity index (χ1) is 10.7. The van der Waals surface area contributed by atoms with E-state index in [9.17, 15) is 9.59 Å². The van der Waals surface area contributed by atoms with Crippen LogP contribution in [0.1, 0.15) is 24.8 Å². The van der Waals surface area contributed by atoms with Crippen LogP contribution in [-0.2, 0) is 16.1 Å². The highest BCUT2D eigenvalue weighted by Gasteiger charge is 2.18. The predicted octanol–water partition coefficient (Wildman–Crippen LogP) is 0.136. The lowest BCUT2D eigenvalue weighted by atomic mass is 10.1. The number of amides is 2. The number of nitrogens with one attached hydrogen (secondary N) is 3. The lowest BCUT2D eigenvalue weighted by molar-refractivity contribution is -0.128. The van der Waals surface area contributed by atoms with E-state index in [2.05, 4.69) is 28.1 Å². The van der Waals surface area contributed by atoms with Crippen LogP contribution in [0.3, 0.4) is 0 Å². The third kappa shape index (κ3) is 7.19. The topological polar surface area (TPSA) is 96.2 Å². The fourth-order valence-corrected chi connectivity index (χ4v) is 2.12. The Morgan fingerprint density at radius 2 is 1.91 bits per heavy atom. The Bertz CT molecular complexity index is 451. The number of carbonyl (C=O) groups is 2. The van der Waals surface area contributed by atoms with Gasteiger partial charge in [0.05, 0.1) is 6.54 Å². The summed E-state index contributed by atoms with van der Waals surface area (Å²) in [5, 5.41) is 8.56. The largest absolute Gasteiger partial charge is 0.357 e. The first kappa shape index (κ1) is 18.1. The summed E-state index contributed by atoms with van der Waals surface area (Å²) in [6, 6.07) is 9.69. The van der Waals surface area contributed by atoms with Gasteiger partial charge in [-0.3, -0.25) is 9.59 Å². The molecular weight excluding hydrogens is 280 g/mol. The van der Waals surface area contributed by atoms with Gasteiger partial charge in [0.25, 0.3) is 0 Å². The van der Waals surface area contributed by atoms with Gasteiger partial charge >= 0.3 is 0 Å². The Hall–Kier alpha value is -1.92. The second-order valence-electron chi connectivity index (χ2n) is 5.10. The Kier molecular flexibility index (Phi) is 8.86. The smallest absolute Gasteiger partial charge is 0.242 e. The van der Waals surface area contributed by atoms with Crippen molar-refractivity contribution in [3.8, 4) is 0 Å². The summed E-state index contributed by atoms with van der Waals surface area (Å²) in [5.41, 5.74) is 6.51. The molecule has 2 amide bonds. The number of rotatable bonds is 10. The molecule has 5 N–H and O–H groups in total. The van der Waals surface area contributed by atoms with Crippen LogP contribution in [0.15, 0.2) is 30.3 Å². The molecule has 22 heavy (non-hydrogen) atoms. The van der Waals surface area contributed by atoms with Gasteiger partial charge in [0, 0.05) is 13.6 Å². The van der Waals surface area contributed by atoms with Gasteiger partial charge in [-0.05, 0) is 31.4 Å². The molecule has 0 heterocycles. The molecule has 1 aromatic rings. The van der Waals surface area contributed by atoms with Gasteiger partial charge in [-0.25, -0.2) is 0 Å². The SMILES string of the molecule is CNC(=O)C(CCCCNCc1ccccc1)NC(=O)CN. The summed E-state index contributed by atoms with van der Waals surface area (Å²) in [6.45, 7) is 1.61. The van der Waals surface area contributed by atoms with Crippen molar-refractivity contribution in [1.82, 2.24) is 16.0 Å². The molecule has 6 heteroatoms. The van der Waals surface area contributed by atoms with Crippen LogP contribution >= 0.6 is 0 Å². The molecular formula is C16H26N4O2. The van der Waals surface area contributed by atoms with Crippen LogP contribution in [0, 0.1) is 0 Å². The van der Waals surface area contributed by atoms with Gasteiger partial charge in [0.2, 0.25) is 11.8 Å². The van der Waals surface area contributed by atoms with E-state index in [4.69, 9.17) is 5.73 Å². The molecule has 6 nitrogen and oxygen atoms in total. The van der Waals surface area contributed by atoms with Crippen molar-refractivity contribution in [2.24, 2.45) is 5.73 Å². The van der Waals surface area contributed by atoms with E-state index in [1.165, 1.54) is 5.56 Å². The molecule has 0 spiro atoms. The highest BCUT2D eigenvalue weighted by molar-refractivity contribution is 5.87. The molecule has 0 saturated heterocycles. The van der Waals surface area contributed by atoms with Crippen LogP contribution in [0.5, 0.6) is 0 Å². The molecule has 122 valence electrons. The molecule has 0 radical (unpaired) electrons. The number of benzene rings is 1. The van der Waals surface area contributed by atoms with Crippen LogP contribution < -0.4 is 21.7 Å². The summed E-state index contributed by atoms with van der Waals surface area (Å²) < 4.78 is 0. The fraction of sp³-hybridized carbons (Fsp3) is 0.500. The lowest BCUT2D eigenvalue weighted by Gasteiger charge is -2.16. The number of likely N-dealkylation sites (N-methyl/N-ethyl adjacent to an activating group) is 1. The summed E-state index contributed by atoms with van der Waals surface area (Å²) >= 11 is 0. The monoisotopic (exact) mass is 306 g/mol. The van der Waals surface area contributed by atoms with Crippen molar-refractivity contribution in [1.29, 1.82) is 0 Å². The maximum atomic E-state index is 11.7. The van der Waals surface area contributed by atoms with Crippen molar-refractivity contribution in [2.75, 3.05) is 20.1 Å². The standard InChI is InChI=1S/C16H26N4O2/c1-18-16(22)14(20-15(21)11-17)9-5-6-10-19-12-13-7-3-2-4-8-13/h2-4,7-8,14,19H,5-6,9-12,17H2,1H3,(H,18,22)(H,20,21). The predicted molar refractivity (Wildman–Crippen MR) is 87.1 cm³/mol. The average molecular weight is 306 g/mol. The van der Waals surface area contributed by atoms with Crippen molar-refractivity contribution in [3.05, 3.63) is 35.9 Å². The fourth-order valence-electron chi connectivity index (χ4n) is 2.12. The quantitative estimate of drug-likeness (QED) is 0.462. The second-order valence-corrected chi connectivity index (χ2v) is 5.10. The first-order valence-electron chi connectivity index (χ1n) is 7.63. The average Bonchev–Trinajstić information content (AvgIpc) is 2.56. The van der Waals surface area contributed by atoms with Gasteiger partial charge in [-0.15, -0.1) is 0 Å². The molecule has 0 fully saturated rings. The van der Waals surface area contributed by atoms with Crippen LogP contribution in [0.4, 0.5) is 0 Å². The lowest BCUT2D eigenvalue weighted by Crippen LogP contribution is -2.47. The van der Waals surface area contributed by atoms with E-state index >= 15 is 0 Å². The van der Waals surface area contributed by atoms with Crippen molar-refractivity contribution < 1.29 is 9.59 Å². The van der Waals surface area contributed by atoms with E-state index in [1.54, 1.807) is 7.05 Å². The van der Waals surface area contributed by atoms with Crippen molar-refractivity contribution in [2.45, 2.75) is 31.8 Å². The van der Waals surface area contributed by atoms with E-state index < -0.39 is 6.04 Å². The Morgan fingerprint density at radius 3 is 2.55 bits per heavy atom. The van der Waals surface area contributed by atoms with E-state index in [0.29, 0.717) is 6.42 Å². The van der Waals surface area contributed by atoms with Crippen LogP contribution in [0.2, 0.25) is 0 Å². The first-order valence-corrected chi connectivity index (χ1v) is 7.63. The molecule has 1 rings (SSSR count). The molecule has 0 aliphatic carbocycles. The molecule has 0 aliphatic heterocycles. The molecule has 0 aliphatic rings. The minimum atomic E-state index is -0.504. The van der Waals surface area contributed by atoms with Gasteiger partial charge in [0.15, 0.2) is 0 Å². The van der Waals surface area contributed by atoms with Crippen LogP contribution in [-0.4, -0.2) is 38.0 Å². The Labute approximate surface area is 131 Å². The second kappa shape index (κ2) is 10.8. The van der Waals surface area contributed by atoms with Gasteiger partial charge in [-0.2, -0.15) is 0 Å². The highest BCUT2D eigenvalue weighted by Crippen LogP contribution is 2.02. The van der Waals surface area contributed by atoms with Gasteiger partial charge in [-0.1, -0.05) is 30.3 Å². The van der Waals surface area contributed by atoms with E-state index in [0.717, 1.165) is 25.9 Å². The number of hydrogen-bond acceptors (Lipinski definition) is 4. The molecule has 1 aromatic carbocycles. The number of hydrogen-bond donors (Lipinski definition) is 4. The third-order valence-corrected chi connectivity index (χ3v) is 3.35. The highest BCUT2D eigenvalue weighted by atomic mass is 16.2. The van der Waals surface area contributed by atoms with Crippen molar-refractivity contribution in [3.63, 3.8) is 0 Å². The maximum Gasteiger partial charge on any atom is 0.242 e. The number of carbonyl (C=O) groups excluding carboxylic acids is 2. The zero-order chi connectivity index (χ0) is 16.2. The normalized spacial score (nSPS) is 11.7. The number of nitrogens with two attached hydrogens (primary N) is 1. The third-order valence-electron chi connectivity index (χ3n) is 3.35. The zero-order valence-corrected chi connectivity index (χ0v) is 13.1. The Morgan fingerprint density at radius 1 is 1.18 bits per heavy atom. The maximum absolute atomic E-state index is 11.7. The van der Waals surface area contributed by atoms with E-state index in [-0.39, 0.29) is 18.4 Å². The van der Waals surface area contributed by atoms with Crippen LogP contribution in [0.25, 0.3) is 0 Å². The Balaban J connectivity index is 2.19. The van der Waals surface area contributed by atoms with E-state index in [1.807, 2.05) is 18.2 Å². The zero-order valence-electron chi connectivity index (χ0n) is 13.1. The number of unbranched alkanes of at least 4 members (excludes halogenated alkanes) is 1. The minimum Gasteiger partial charge on any atom is -0.357 e. The minimum absolute atomic E-state index is 0.105. The molecule has 1 unspecified atom stereocenters. The van der Waals surface area contributed by atoms with Gasteiger partial charge < -0.3 is 21.7 Å². The summed E-state index contributed by atoms with van der Waals surface area (Å²) in [6.07, 6.45) is 2.40. The van der Waals surface area contributed by atoms with Gasteiger partial charge in [0.1, 0.15) is 6.04 Å². The summed E-state index contributed by atoms with van der Waals surface area (Å²) in [5.74, 6) is -0.491. The van der Waals surface area contributed by atoms with Crippen molar-refractivity contribution >= 4 is 11.8 Å². The summed E-state index contributed by atoms with van der Waals surface area (Å²) in [4.78, 5) is 23.0. The molecule has 0 saturated carbocycles. The summed E-state index contributed by atoms with van der Waals surface area (Å²) in [7, 11) is 1.56.